The Hall–Kier alpha value is -3.62. The lowest BCUT2D eigenvalue weighted by atomic mass is 9.90. The van der Waals surface area contributed by atoms with Crippen LogP contribution >= 0.6 is 0 Å². The molecular weight excluding hydrogens is 442 g/mol. The molecule has 1 aliphatic rings. The maximum absolute atomic E-state index is 12.7. The summed E-state index contributed by atoms with van der Waals surface area (Å²) in [4.78, 5) is 12.7. The van der Waals surface area contributed by atoms with Gasteiger partial charge in [-0.1, -0.05) is 54.6 Å². The van der Waals surface area contributed by atoms with Gasteiger partial charge in [-0.15, -0.1) is 4.28 Å². The standard InChI is InChI=1S/C25H23NO6S/c1-30-25(27)24-21-13-8-14-22(26-32-33(28,29)19-11-6-3-7-12-19)20(21)15-16-23(24)31-17-18-9-4-2-5-10-18/h2-7,9-12,14-16,26H,8,13,17H2,1H3. The Morgan fingerprint density at radius 1 is 0.970 bits per heavy atom. The van der Waals surface area contributed by atoms with Crippen molar-refractivity contribution in [1.82, 2.24) is 5.48 Å². The topological polar surface area (TPSA) is 90.9 Å². The third kappa shape index (κ3) is 5.08. The molecule has 0 atom stereocenters. The number of nitrogens with one attached hydrogen (secondary N) is 1. The first-order valence-corrected chi connectivity index (χ1v) is 11.8. The minimum absolute atomic E-state index is 0.0362. The molecular formula is C25H23NO6S. The summed E-state index contributed by atoms with van der Waals surface area (Å²) >= 11 is 0. The number of benzene rings is 3. The van der Waals surface area contributed by atoms with Crippen molar-refractivity contribution in [3.05, 3.63) is 101 Å². The van der Waals surface area contributed by atoms with Gasteiger partial charge < -0.3 is 9.47 Å². The van der Waals surface area contributed by atoms with Crippen LogP contribution in [0.3, 0.4) is 0 Å². The number of ether oxygens (including phenoxy) is 2. The summed E-state index contributed by atoms with van der Waals surface area (Å²) in [5.41, 5.74) is 5.66. The molecule has 0 radical (unpaired) electrons. The lowest BCUT2D eigenvalue weighted by molar-refractivity contribution is 0.0594. The zero-order chi connectivity index (χ0) is 23.3. The normalized spacial score (nSPS) is 12.9. The molecule has 170 valence electrons. The van der Waals surface area contributed by atoms with Gasteiger partial charge in [-0.2, -0.15) is 8.42 Å². The summed E-state index contributed by atoms with van der Waals surface area (Å²) < 4.78 is 41.0. The van der Waals surface area contributed by atoms with Crippen molar-refractivity contribution in [2.75, 3.05) is 7.11 Å². The smallest absolute Gasteiger partial charge is 0.341 e. The molecule has 1 N–H and O–H groups in total. The predicted octanol–water partition coefficient (Wildman–Crippen LogP) is 4.25. The van der Waals surface area contributed by atoms with Gasteiger partial charge in [-0.05, 0) is 48.2 Å². The van der Waals surface area contributed by atoms with E-state index in [1.54, 1.807) is 30.3 Å². The molecule has 8 heteroatoms. The number of rotatable bonds is 8. The number of hydrogen-bond acceptors (Lipinski definition) is 7. The second-order valence-corrected chi connectivity index (χ2v) is 8.89. The van der Waals surface area contributed by atoms with Gasteiger partial charge in [0.05, 0.1) is 17.7 Å². The van der Waals surface area contributed by atoms with Crippen LogP contribution in [-0.4, -0.2) is 21.5 Å². The summed E-state index contributed by atoms with van der Waals surface area (Å²) in [6.07, 6.45) is 2.98. The summed E-state index contributed by atoms with van der Waals surface area (Å²) in [6, 6.07) is 20.9. The molecule has 0 spiro atoms. The van der Waals surface area contributed by atoms with E-state index in [2.05, 4.69) is 5.48 Å². The number of esters is 1. The molecule has 7 nitrogen and oxygen atoms in total. The molecule has 0 heterocycles. The largest absolute Gasteiger partial charge is 0.488 e. The predicted molar refractivity (Wildman–Crippen MR) is 123 cm³/mol. The van der Waals surface area contributed by atoms with Gasteiger partial charge in [0.25, 0.3) is 0 Å². The number of hydrogen-bond donors (Lipinski definition) is 1. The van der Waals surface area contributed by atoms with E-state index >= 15 is 0 Å². The van der Waals surface area contributed by atoms with E-state index in [9.17, 15) is 13.2 Å². The van der Waals surface area contributed by atoms with E-state index in [-0.39, 0.29) is 4.90 Å². The Balaban J connectivity index is 1.60. The molecule has 3 aromatic rings. The Bertz CT molecular complexity index is 1270. The van der Waals surface area contributed by atoms with E-state index in [1.807, 2.05) is 36.4 Å². The molecule has 33 heavy (non-hydrogen) atoms. The van der Waals surface area contributed by atoms with Crippen molar-refractivity contribution in [3.63, 3.8) is 0 Å². The van der Waals surface area contributed by atoms with E-state index < -0.39 is 16.1 Å². The summed E-state index contributed by atoms with van der Waals surface area (Å²) in [5.74, 6) is -0.113. The summed E-state index contributed by atoms with van der Waals surface area (Å²) in [7, 11) is -2.69. The fourth-order valence-corrected chi connectivity index (χ4v) is 4.41. The first-order valence-electron chi connectivity index (χ1n) is 10.4. The second-order valence-electron chi connectivity index (χ2n) is 7.34. The van der Waals surface area contributed by atoms with Crippen LogP contribution in [0, 0.1) is 0 Å². The van der Waals surface area contributed by atoms with Gasteiger partial charge in [0, 0.05) is 5.56 Å². The first kappa shape index (κ1) is 22.6. The van der Waals surface area contributed by atoms with Crippen molar-refractivity contribution in [3.8, 4) is 5.75 Å². The van der Waals surface area contributed by atoms with E-state index in [4.69, 9.17) is 13.8 Å². The van der Waals surface area contributed by atoms with E-state index in [0.29, 0.717) is 47.6 Å². The van der Waals surface area contributed by atoms with Crippen molar-refractivity contribution < 1.29 is 27.0 Å². The SMILES string of the molecule is COC(=O)c1c(OCc2ccccc2)ccc2c1CCC=C2NOS(=O)(=O)c1ccccc1. The molecule has 3 aromatic carbocycles. The summed E-state index contributed by atoms with van der Waals surface area (Å²) in [6.45, 7) is 0.295. The highest BCUT2D eigenvalue weighted by atomic mass is 32.2. The molecule has 0 aromatic heterocycles. The molecule has 0 unspecified atom stereocenters. The minimum atomic E-state index is -4.01. The Morgan fingerprint density at radius 3 is 2.36 bits per heavy atom. The van der Waals surface area contributed by atoms with Gasteiger partial charge in [0.15, 0.2) is 0 Å². The van der Waals surface area contributed by atoms with Gasteiger partial charge in [-0.25, -0.2) is 10.3 Å². The van der Waals surface area contributed by atoms with Crippen LogP contribution in [0.5, 0.6) is 5.75 Å². The first-order chi connectivity index (χ1) is 16.0. The molecule has 0 aliphatic heterocycles. The van der Waals surface area contributed by atoms with Gasteiger partial charge in [0.1, 0.15) is 17.9 Å². The molecule has 0 saturated carbocycles. The van der Waals surface area contributed by atoms with Crippen LogP contribution in [0.15, 0.2) is 83.8 Å². The van der Waals surface area contributed by atoms with Crippen molar-refractivity contribution in [1.29, 1.82) is 0 Å². The van der Waals surface area contributed by atoms with Crippen LogP contribution < -0.4 is 10.2 Å². The minimum Gasteiger partial charge on any atom is -0.488 e. The summed E-state index contributed by atoms with van der Waals surface area (Å²) in [5, 5.41) is 0. The maximum Gasteiger partial charge on any atom is 0.341 e. The number of allylic oxidation sites excluding steroid dienone is 1. The van der Waals surface area contributed by atoms with Crippen molar-refractivity contribution >= 4 is 21.8 Å². The quantitative estimate of drug-likeness (QED) is 0.393. The second kappa shape index (κ2) is 9.89. The lowest BCUT2D eigenvalue weighted by Gasteiger charge is -2.22. The number of fused-ring (bicyclic) bond motifs is 1. The number of carbonyl (C=O) groups excluding carboxylic acids is 1. The van der Waals surface area contributed by atoms with Crippen LogP contribution in [0.1, 0.15) is 33.5 Å². The Labute approximate surface area is 192 Å². The molecule has 0 bridgehead atoms. The van der Waals surface area contributed by atoms with Crippen molar-refractivity contribution in [2.24, 2.45) is 0 Å². The average Bonchev–Trinajstić information content (AvgIpc) is 2.86. The number of carbonyl (C=O) groups is 1. The third-order valence-electron chi connectivity index (χ3n) is 5.23. The molecule has 0 amide bonds. The van der Waals surface area contributed by atoms with Crippen molar-refractivity contribution in [2.45, 2.75) is 24.3 Å². The molecule has 0 saturated heterocycles. The van der Waals surface area contributed by atoms with Crippen LogP contribution in [-0.2, 0) is 32.2 Å². The van der Waals surface area contributed by atoms with Gasteiger partial charge in [0.2, 0.25) is 0 Å². The van der Waals surface area contributed by atoms with Crippen LogP contribution in [0.4, 0.5) is 0 Å². The molecule has 0 fully saturated rings. The molecule has 1 aliphatic carbocycles. The van der Waals surface area contributed by atoms with E-state index in [1.165, 1.54) is 19.2 Å². The monoisotopic (exact) mass is 465 g/mol. The molecule has 4 rings (SSSR count). The zero-order valence-electron chi connectivity index (χ0n) is 18.0. The Morgan fingerprint density at radius 2 is 1.67 bits per heavy atom. The maximum atomic E-state index is 12.7. The van der Waals surface area contributed by atoms with Gasteiger partial charge in [-0.3, -0.25) is 0 Å². The van der Waals surface area contributed by atoms with Crippen LogP contribution in [0.2, 0.25) is 0 Å². The van der Waals surface area contributed by atoms with Gasteiger partial charge >= 0.3 is 16.1 Å². The Kier molecular flexibility index (Phi) is 6.76. The highest BCUT2D eigenvalue weighted by Gasteiger charge is 2.26. The average molecular weight is 466 g/mol. The fourth-order valence-electron chi connectivity index (χ4n) is 3.62. The number of hydroxylamine groups is 1. The van der Waals surface area contributed by atoms with Crippen LogP contribution in [0.25, 0.3) is 5.70 Å². The zero-order valence-corrected chi connectivity index (χ0v) is 18.8. The highest BCUT2D eigenvalue weighted by Crippen LogP contribution is 2.34. The lowest BCUT2D eigenvalue weighted by Crippen LogP contribution is -2.22. The fraction of sp³-hybridized carbons (Fsp3) is 0.160. The number of methoxy groups -OCH3 is 1. The third-order valence-corrected chi connectivity index (χ3v) is 6.38. The highest BCUT2D eigenvalue weighted by molar-refractivity contribution is 7.86. The van der Waals surface area contributed by atoms with E-state index in [0.717, 1.165) is 5.56 Å².